The van der Waals surface area contributed by atoms with Crippen molar-refractivity contribution >= 4 is 23.3 Å². The number of benzene rings is 1. The topological polar surface area (TPSA) is 61.4 Å². The van der Waals surface area contributed by atoms with E-state index in [2.05, 4.69) is 10.6 Å². The molecule has 2 unspecified atom stereocenters. The molecule has 1 saturated carbocycles. The zero-order valence-electron chi connectivity index (χ0n) is 10.6. The number of anilines is 1. The molecule has 2 atom stereocenters. The van der Waals surface area contributed by atoms with Crippen molar-refractivity contribution in [2.24, 2.45) is 0 Å². The summed E-state index contributed by atoms with van der Waals surface area (Å²) in [5.74, 6) is -1.77. The molecule has 4 nitrogen and oxygen atoms in total. The van der Waals surface area contributed by atoms with Crippen LogP contribution in [0, 0.1) is 11.6 Å². The fourth-order valence-electron chi connectivity index (χ4n) is 2.26. The highest BCUT2D eigenvalue weighted by atomic mass is 35.5. The lowest BCUT2D eigenvalue weighted by atomic mass is 9.93. The minimum absolute atomic E-state index is 0.221. The average molecular weight is 305 g/mol. The summed E-state index contributed by atoms with van der Waals surface area (Å²) in [7, 11) is 0. The summed E-state index contributed by atoms with van der Waals surface area (Å²) >= 11 is 5.68. The molecule has 0 heterocycles. The third-order valence-electron chi connectivity index (χ3n) is 3.29. The van der Waals surface area contributed by atoms with Crippen molar-refractivity contribution in [1.82, 2.24) is 5.32 Å². The van der Waals surface area contributed by atoms with E-state index in [1.807, 2.05) is 0 Å². The van der Waals surface area contributed by atoms with E-state index < -0.39 is 23.8 Å². The van der Waals surface area contributed by atoms with Gasteiger partial charge in [-0.2, -0.15) is 0 Å². The summed E-state index contributed by atoms with van der Waals surface area (Å²) in [5.41, 5.74) is -0.282. The van der Waals surface area contributed by atoms with Crippen LogP contribution >= 0.6 is 11.6 Å². The maximum atomic E-state index is 13.5. The molecular formula is C13H15ClF2N2O2. The van der Waals surface area contributed by atoms with E-state index in [9.17, 15) is 18.7 Å². The molecule has 2 rings (SSSR count). The van der Waals surface area contributed by atoms with Crippen molar-refractivity contribution in [1.29, 1.82) is 0 Å². The van der Waals surface area contributed by atoms with Gasteiger partial charge in [-0.25, -0.2) is 13.6 Å². The number of aliphatic hydroxyl groups excluding tert-OH is 1. The van der Waals surface area contributed by atoms with Crippen molar-refractivity contribution in [3.05, 3.63) is 28.8 Å². The first kappa shape index (κ1) is 15.0. The van der Waals surface area contributed by atoms with Crippen molar-refractivity contribution < 1.29 is 18.7 Å². The standard InChI is InChI=1S/C13H15ClF2N2O2/c14-8-5-7(15)6-9(16)12(8)18-13(20)17-10-3-1-2-4-11(10)19/h5-6,10-11,19H,1-4H2,(H2,17,18,20). The van der Waals surface area contributed by atoms with Gasteiger partial charge in [0, 0.05) is 6.07 Å². The fraction of sp³-hybridized carbons (Fsp3) is 0.462. The van der Waals surface area contributed by atoms with E-state index in [-0.39, 0.29) is 16.8 Å². The number of halogens is 3. The number of hydrogen-bond donors (Lipinski definition) is 3. The molecule has 2 amide bonds. The Labute approximate surface area is 120 Å². The molecule has 1 fully saturated rings. The summed E-state index contributed by atoms with van der Waals surface area (Å²) < 4.78 is 26.4. The first-order chi connectivity index (χ1) is 9.47. The molecule has 0 saturated heterocycles. The summed E-state index contributed by atoms with van der Waals surface area (Å²) in [6.45, 7) is 0. The number of carbonyl (C=O) groups excluding carboxylic acids is 1. The normalized spacial score (nSPS) is 22.4. The SMILES string of the molecule is O=C(Nc1c(F)cc(F)cc1Cl)NC1CCCCC1O. The van der Waals surface area contributed by atoms with E-state index in [4.69, 9.17) is 11.6 Å². The van der Waals surface area contributed by atoms with E-state index in [0.29, 0.717) is 18.9 Å². The molecule has 0 spiro atoms. The Hall–Kier alpha value is -1.40. The van der Waals surface area contributed by atoms with Gasteiger partial charge in [0.2, 0.25) is 0 Å². The van der Waals surface area contributed by atoms with Gasteiger partial charge in [-0.1, -0.05) is 24.4 Å². The van der Waals surface area contributed by atoms with Crippen LogP contribution in [0.3, 0.4) is 0 Å². The Balaban J connectivity index is 2.01. The minimum atomic E-state index is -0.950. The number of rotatable bonds is 2. The Morgan fingerprint density at radius 2 is 2.00 bits per heavy atom. The van der Waals surface area contributed by atoms with E-state index >= 15 is 0 Å². The first-order valence-electron chi connectivity index (χ1n) is 6.37. The molecule has 0 aromatic heterocycles. The summed E-state index contributed by atoms with van der Waals surface area (Å²) in [6.07, 6.45) is 2.50. The number of hydrogen-bond acceptors (Lipinski definition) is 2. The predicted molar refractivity (Wildman–Crippen MR) is 71.8 cm³/mol. The molecule has 1 aliphatic rings. The van der Waals surface area contributed by atoms with E-state index in [1.54, 1.807) is 0 Å². The lowest BCUT2D eigenvalue weighted by Gasteiger charge is -2.28. The third-order valence-corrected chi connectivity index (χ3v) is 3.59. The first-order valence-corrected chi connectivity index (χ1v) is 6.75. The third kappa shape index (κ3) is 3.58. The molecule has 0 bridgehead atoms. The second-order valence-electron chi connectivity index (χ2n) is 4.80. The molecular weight excluding hydrogens is 290 g/mol. The number of nitrogens with one attached hydrogen (secondary N) is 2. The van der Waals surface area contributed by atoms with Crippen molar-refractivity contribution in [2.45, 2.75) is 37.8 Å². The number of urea groups is 1. The zero-order valence-corrected chi connectivity index (χ0v) is 11.4. The number of amides is 2. The Morgan fingerprint density at radius 3 is 2.65 bits per heavy atom. The van der Waals surface area contributed by atoms with Crippen LogP contribution in [0.4, 0.5) is 19.3 Å². The van der Waals surface area contributed by atoms with Crippen molar-refractivity contribution in [3.63, 3.8) is 0 Å². The van der Waals surface area contributed by atoms with Crippen LogP contribution in [0.1, 0.15) is 25.7 Å². The molecule has 1 aliphatic carbocycles. The van der Waals surface area contributed by atoms with Crippen LogP contribution in [0.5, 0.6) is 0 Å². The lowest BCUT2D eigenvalue weighted by molar-refractivity contribution is 0.0955. The smallest absolute Gasteiger partial charge is 0.319 e. The minimum Gasteiger partial charge on any atom is -0.391 e. The van der Waals surface area contributed by atoms with Gasteiger partial charge in [-0.05, 0) is 18.9 Å². The molecule has 1 aromatic rings. The van der Waals surface area contributed by atoms with Gasteiger partial charge in [0.15, 0.2) is 5.82 Å². The zero-order chi connectivity index (χ0) is 14.7. The number of carbonyl (C=O) groups is 1. The summed E-state index contributed by atoms with van der Waals surface area (Å²) in [6, 6.07) is 0.501. The Bertz CT molecular complexity index is 490. The van der Waals surface area contributed by atoms with Gasteiger partial charge in [0.1, 0.15) is 5.82 Å². The lowest BCUT2D eigenvalue weighted by Crippen LogP contribution is -2.46. The van der Waals surface area contributed by atoms with Gasteiger partial charge in [-0.3, -0.25) is 0 Å². The van der Waals surface area contributed by atoms with Crippen LogP contribution < -0.4 is 10.6 Å². The average Bonchev–Trinajstić information content (AvgIpc) is 2.36. The van der Waals surface area contributed by atoms with Crippen LogP contribution in [-0.2, 0) is 0 Å². The second-order valence-corrected chi connectivity index (χ2v) is 5.21. The Morgan fingerprint density at radius 1 is 1.30 bits per heavy atom. The molecule has 7 heteroatoms. The largest absolute Gasteiger partial charge is 0.391 e. The number of aliphatic hydroxyl groups is 1. The molecule has 0 radical (unpaired) electrons. The van der Waals surface area contributed by atoms with Crippen LogP contribution in [0.25, 0.3) is 0 Å². The predicted octanol–water partition coefficient (Wildman–Crippen LogP) is 3.04. The van der Waals surface area contributed by atoms with Crippen molar-refractivity contribution in [2.75, 3.05) is 5.32 Å². The fourth-order valence-corrected chi connectivity index (χ4v) is 2.50. The highest BCUT2D eigenvalue weighted by Crippen LogP contribution is 2.26. The Kier molecular flexibility index (Phi) is 4.77. The highest BCUT2D eigenvalue weighted by Gasteiger charge is 2.25. The second kappa shape index (κ2) is 6.37. The maximum Gasteiger partial charge on any atom is 0.319 e. The van der Waals surface area contributed by atoms with E-state index in [1.165, 1.54) is 0 Å². The van der Waals surface area contributed by atoms with Crippen LogP contribution in [-0.4, -0.2) is 23.3 Å². The summed E-state index contributed by atoms with van der Waals surface area (Å²) in [4.78, 5) is 11.8. The van der Waals surface area contributed by atoms with Gasteiger partial charge in [-0.15, -0.1) is 0 Å². The van der Waals surface area contributed by atoms with Crippen LogP contribution in [0.2, 0.25) is 5.02 Å². The quantitative estimate of drug-likeness (QED) is 0.786. The van der Waals surface area contributed by atoms with Crippen LogP contribution in [0.15, 0.2) is 12.1 Å². The molecule has 20 heavy (non-hydrogen) atoms. The molecule has 1 aromatic carbocycles. The maximum absolute atomic E-state index is 13.5. The molecule has 0 aliphatic heterocycles. The van der Waals surface area contributed by atoms with Gasteiger partial charge >= 0.3 is 6.03 Å². The summed E-state index contributed by atoms with van der Waals surface area (Å²) in [5, 5.41) is 14.3. The van der Waals surface area contributed by atoms with Crippen molar-refractivity contribution in [3.8, 4) is 0 Å². The van der Waals surface area contributed by atoms with Gasteiger partial charge < -0.3 is 15.7 Å². The monoisotopic (exact) mass is 304 g/mol. The molecule has 3 N–H and O–H groups in total. The van der Waals surface area contributed by atoms with E-state index in [0.717, 1.165) is 18.9 Å². The highest BCUT2D eigenvalue weighted by molar-refractivity contribution is 6.33. The van der Waals surface area contributed by atoms with Gasteiger partial charge in [0.25, 0.3) is 0 Å². The van der Waals surface area contributed by atoms with Gasteiger partial charge in [0.05, 0.1) is 22.9 Å². The molecule has 110 valence electrons.